The highest BCUT2D eigenvalue weighted by atomic mass is 16.5. The van der Waals surface area contributed by atoms with Crippen molar-refractivity contribution in [3.8, 4) is 6.07 Å². The van der Waals surface area contributed by atoms with Gasteiger partial charge in [0.05, 0.1) is 42.2 Å². The second-order valence-corrected chi connectivity index (χ2v) is 7.37. The molecule has 0 bridgehead atoms. The average Bonchev–Trinajstić information content (AvgIpc) is 2.60. The van der Waals surface area contributed by atoms with Crippen molar-refractivity contribution in [2.24, 2.45) is 11.1 Å². The third-order valence-electron chi connectivity index (χ3n) is 4.65. The van der Waals surface area contributed by atoms with E-state index in [0.29, 0.717) is 42.1 Å². The molecule has 0 saturated heterocycles. The lowest BCUT2D eigenvalue weighted by molar-refractivity contribution is -0.118. The van der Waals surface area contributed by atoms with Crippen molar-refractivity contribution in [1.82, 2.24) is 15.3 Å². The molecule has 1 atom stereocenters. The van der Waals surface area contributed by atoms with E-state index in [9.17, 15) is 10.1 Å². The van der Waals surface area contributed by atoms with E-state index >= 15 is 0 Å². The van der Waals surface area contributed by atoms with Crippen LogP contribution < -0.4 is 11.1 Å². The number of carbonyl (C=O) groups is 1. The topological polar surface area (TPSA) is 114 Å². The minimum Gasteiger partial charge on any atom is -0.374 e. The van der Waals surface area contributed by atoms with Gasteiger partial charge in [0.2, 0.25) is 0 Å². The Bertz CT molecular complexity index is 805. The largest absolute Gasteiger partial charge is 0.374 e. The molecule has 0 fully saturated rings. The highest BCUT2D eigenvalue weighted by Crippen LogP contribution is 2.45. The number of dihydropyridines is 1. The molecular weight excluding hydrogens is 330 g/mol. The summed E-state index contributed by atoms with van der Waals surface area (Å²) >= 11 is 0. The summed E-state index contributed by atoms with van der Waals surface area (Å²) in [6.07, 6.45) is 4.25. The lowest BCUT2D eigenvalue weighted by Crippen LogP contribution is -2.38. The smallest absolute Gasteiger partial charge is 0.162 e. The molecule has 26 heavy (non-hydrogen) atoms. The molecule has 0 aromatic carbocycles. The summed E-state index contributed by atoms with van der Waals surface area (Å²) in [6.45, 7) is 5.20. The Morgan fingerprint density at radius 2 is 2.27 bits per heavy atom. The molecule has 7 heteroatoms. The maximum absolute atomic E-state index is 12.9. The Morgan fingerprint density at radius 3 is 2.92 bits per heavy atom. The van der Waals surface area contributed by atoms with Crippen LogP contribution in [0.3, 0.4) is 0 Å². The number of nitrogens with one attached hydrogen (secondary N) is 1. The Kier molecular flexibility index (Phi) is 5.16. The number of Topliss-reactive ketones (excluding diaryl/α,β-unsaturated/α-hetero) is 1. The second-order valence-electron chi connectivity index (χ2n) is 7.37. The first kappa shape index (κ1) is 18.2. The summed E-state index contributed by atoms with van der Waals surface area (Å²) in [7, 11) is 0. The van der Waals surface area contributed by atoms with Gasteiger partial charge in [-0.15, -0.1) is 0 Å². The van der Waals surface area contributed by atoms with Gasteiger partial charge in [0.15, 0.2) is 5.78 Å². The van der Waals surface area contributed by atoms with Gasteiger partial charge in [-0.25, -0.2) is 9.97 Å². The lowest BCUT2D eigenvalue weighted by atomic mass is 9.69. The molecule has 0 amide bonds. The Labute approximate surface area is 153 Å². The molecule has 1 aliphatic carbocycles. The number of ether oxygens (including phenoxy) is 1. The highest BCUT2D eigenvalue weighted by Gasteiger charge is 2.42. The zero-order valence-electron chi connectivity index (χ0n) is 15.1. The normalized spacial score (nSPS) is 21.9. The second kappa shape index (κ2) is 7.36. The van der Waals surface area contributed by atoms with Gasteiger partial charge in [-0.1, -0.05) is 13.8 Å². The molecule has 7 nitrogen and oxygen atoms in total. The van der Waals surface area contributed by atoms with E-state index < -0.39 is 5.92 Å². The van der Waals surface area contributed by atoms with Crippen LogP contribution in [0.4, 0.5) is 0 Å². The number of rotatable bonds is 5. The first-order valence-electron chi connectivity index (χ1n) is 8.67. The minimum atomic E-state index is -0.487. The van der Waals surface area contributed by atoms with E-state index in [2.05, 4.69) is 35.2 Å². The maximum atomic E-state index is 12.9. The molecular formula is C19H23N5O2. The van der Waals surface area contributed by atoms with Crippen molar-refractivity contribution >= 4 is 5.78 Å². The monoisotopic (exact) mass is 353 g/mol. The van der Waals surface area contributed by atoms with Crippen LogP contribution >= 0.6 is 0 Å². The molecule has 3 N–H and O–H groups in total. The van der Waals surface area contributed by atoms with Crippen LogP contribution in [0.15, 0.2) is 41.1 Å². The number of nitrogens with zero attached hydrogens (tertiary/aromatic N) is 3. The summed E-state index contributed by atoms with van der Waals surface area (Å²) in [4.78, 5) is 21.2. The number of aromatic nitrogens is 2. The SMILES string of the molecule is CC1(C)CC(=O)C2=C(C1)NC(COCCN)=C(C#N)C2c1ccncn1. The van der Waals surface area contributed by atoms with E-state index in [-0.39, 0.29) is 17.8 Å². The molecule has 2 heterocycles. The Hall–Kier alpha value is -2.56. The van der Waals surface area contributed by atoms with Gasteiger partial charge in [0, 0.05) is 30.4 Å². The van der Waals surface area contributed by atoms with Gasteiger partial charge < -0.3 is 15.8 Å². The molecule has 1 aromatic rings. The van der Waals surface area contributed by atoms with Crippen LogP contribution in [0.5, 0.6) is 0 Å². The van der Waals surface area contributed by atoms with Gasteiger partial charge in [-0.2, -0.15) is 5.26 Å². The number of ketones is 1. The minimum absolute atomic E-state index is 0.0574. The van der Waals surface area contributed by atoms with Crippen molar-refractivity contribution in [3.05, 3.63) is 46.8 Å². The van der Waals surface area contributed by atoms with Gasteiger partial charge >= 0.3 is 0 Å². The summed E-state index contributed by atoms with van der Waals surface area (Å²) in [5.41, 5.74) is 8.65. The molecule has 0 spiro atoms. The third kappa shape index (κ3) is 3.52. The van der Waals surface area contributed by atoms with Crippen molar-refractivity contribution in [2.75, 3.05) is 19.8 Å². The fourth-order valence-electron chi connectivity index (χ4n) is 3.62. The number of allylic oxidation sites excluding steroid dienone is 3. The van der Waals surface area contributed by atoms with Crippen LogP contribution in [0.1, 0.15) is 38.3 Å². The molecule has 0 radical (unpaired) electrons. The Morgan fingerprint density at radius 1 is 1.46 bits per heavy atom. The van der Waals surface area contributed by atoms with E-state index in [0.717, 1.165) is 12.1 Å². The van der Waals surface area contributed by atoms with Crippen molar-refractivity contribution < 1.29 is 9.53 Å². The lowest BCUT2D eigenvalue weighted by Gasteiger charge is -2.38. The zero-order chi connectivity index (χ0) is 18.7. The van der Waals surface area contributed by atoms with E-state index in [1.54, 1.807) is 12.3 Å². The first-order valence-corrected chi connectivity index (χ1v) is 8.67. The quantitative estimate of drug-likeness (QED) is 0.772. The first-order chi connectivity index (χ1) is 12.5. The standard InChI is InChI=1S/C19H23N5O2/c1-19(2)7-14-18(16(25)8-19)17(13-3-5-22-11-23-13)12(9-21)15(24-14)10-26-6-4-20/h3,5,11,17,24H,4,6-8,10,20H2,1-2H3. The summed E-state index contributed by atoms with van der Waals surface area (Å²) in [6, 6.07) is 4.02. The van der Waals surface area contributed by atoms with Gasteiger partial charge in [-0.05, 0) is 17.9 Å². The third-order valence-corrected chi connectivity index (χ3v) is 4.65. The zero-order valence-corrected chi connectivity index (χ0v) is 15.1. The predicted octanol–water partition coefficient (Wildman–Crippen LogP) is 1.56. The fraction of sp³-hybridized carbons (Fsp3) is 0.474. The maximum Gasteiger partial charge on any atom is 0.162 e. The van der Waals surface area contributed by atoms with E-state index in [4.69, 9.17) is 10.5 Å². The van der Waals surface area contributed by atoms with Gasteiger partial charge in [0.1, 0.15) is 6.33 Å². The van der Waals surface area contributed by atoms with E-state index in [1.165, 1.54) is 6.33 Å². The Balaban J connectivity index is 2.09. The van der Waals surface area contributed by atoms with Gasteiger partial charge in [-0.3, -0.25) is 4.79 Å². The van der Waals surface area contributed by atoms with Crippen molar-refractivity contribution in [3.63, 3.8) is 0 Å². The number of nitriles is 1. The molecule has 1 aromatic heterocycles. The number of hydrogen-bond acceptors (Lipinski definition) is 7. The molecule has 1 unspecified atom stereocenters. The number of hydrogen-bond donors (Lipinski definition) is 2. The predicted molar refractivity (Wildman–Crippen MR) is 95.5 cm³/mol. The van der Waals surface area contributed by atoms with Crippen LogP contribution in [0, 0.1) is 16.7 Å². The molecule has 136 valence electrons. The molecule has 1 aliphatic heterocycles. The van der Waals surface area contributed by atoms with Crippen LogP contribution in [0.2, 0.25) is 0 Å². The van der Waals surface area contributed by atoms with Crippen LogP contribution in [-0.2, 0) is 9.53 Å². The number of nitrogens with two attached hydrogens (primary N) is 1. The average molecular weight is 353 g/mol. The molecule has 0 saturated carbocycles. The fourth-order valence-corrected chi connectivity index (χ4v) is 3.62. The van der Waals surface area contributed by atoms with Crippen molar-refractivity contribution in [1.29, 1.82) is 5.26 Å². The summed E-state index contributed by atoms with van der Waals surface area (Å²) in [5, 5.41) is 13.1. The highest BCUT2D eigenvalue weighted by molar-refractivity contribution is 6.00. The summed E-state index contributed by atoms with van der Waals surface area (Å²) < 4.78 is 5.56. The summed E-state index contributed by atoms with van der Waals surface area (Å²) in [5.74, 6) is -0.429. The number of carbonyl (C=O) groups excluding carboxylic acids is 1. The van der Waals surface area contributed by atoms with Crippen molar-refractivity contribution in [2.45, 2.75) is 32.6 Å². The van der Waals surface area contributed by atoms with Gasteiger partial charge in [0.25, 0.3) is 0 Å². The van der Waals surface area contributed by atoms with Crippen LogP contribution in [-0.4, -0.2) is 35.5 Å². The van der Waals surface area contributed by atoms with Crippen LogP contribution in [0.25, 0.3) is 0 Å². The molecule has 2 aliphatic rings. The molecule has 3 rings (SSSR count). The van der Waals surface area contributed by atoms with E-state index in [1.807, 2.05) is 0 Å².